The first kappa shape index (κ1) is 18.4. The normalized spacial score (nSPS) is 15.4. The molecule has 0 spiro atoms. The molecule has 0 unspecified atom stereocenters. The highest BCUT2D eigenvalue weighted by Gasteiger charge is 2.12. The zero-order valence-electron chi connectivity index (χ0n) is 15.3. The second-order valence-electron chi connectivity index (χ2n) is 7.02. The number of primary amides is 1. The van der Waals surface area contributed by atoms with E-state index in [1.165, 1.54) is 50.3 Å². The van der Waals surface area contributed by atoms with Crippen molar-refractivity contribution in [3.8, 4) is 11.6 Å². The van der Waals surface area contributed by atoms with Crippen molar-refractivity contribution in [3.05, 3.63) is 53.2 Å². The monoisotopic (exact) mass is 353 g/mol. The Hall–Kier alpha value is -2.40. The topological polar surface area (TPSA) is 77.2 Å². The Morgan fingerprint density at radius 3 is 2.58 bits per heavy atom. The molecule has 3 N–H and O–H groups in total. The van der Waals surface area contributed by atoms with Gasteiger partial charge in [-0.3, -0.25) is 4.79 Å². The fourth-order valence-electron chi connectivity index (χ4n) is 3.38. The Morgan fingerprint density at radius 2 is 1.96 bits per heavy atom. The largest absolute Gasteiger partial charge is 0.439 e. The van der Waals surface area contributed by atoms with E-state index in [1.807, 2.05) is 13.0 Å². The molecule has 0 aliphatic heterocycles. The maximum absolute atomic E-state index is 11.1. The summed E-state index contributed by atoms with van der Waals surface area (Å²) in [6.07, 6.45) is 9.42. The van der Waals surface area contributed by atoms with E-state index in [9.17, 15) is 4.79 Å². The predicted octanol–water partition coefficient (Wildman–Crippen LogP) is 4.09. The number of nitrogens with two attached hydrogens (primary N) is 1. The summed E-state index contributed by atoms with van der Waals surface area (Å²) in [4.78, 5) is 15.2. The van der Waals surface area contributed by atoms with Crippen LogP contribution in [0.1, 0.15) is 60.0 Å². The SMILES string of the molecule is Cc1cc(CNC2CCCCCC2)ccc1Oc1ccc(C(N)=O)cn1. The number of nitrogens with one attached hydrogen (secondary N) is 1. The molecular weight excluding hydrogens is 326 g/mol. The average Bonchev–Trinajstić information content (AvgIpc) is 2.91. The van der Waals surface area contributed by atoms with Crippen molar-refractivity contribution >= 4 is 5.91 Å². The summed E-state index contributed by atoms with van der Waals surface area (Å²) < 4.78 is 5.83. The number of aromatic nitrogens is 1. The number of ether oxygens (including phenoxy) is 1. The van der Waals surface area contributed by atoms with Gasteiger partial charge in [0, 0.05) is 24.8 Å². The molecule has 3 rings (SSSR count). The van der Waals surface area contributed by atoms with Gasteiger partial charge in [0.1, 0.15) is 5.75 Å². The molecule has 1 aromatic heterocycles. The number of carbonyl (C=O) groups is 1. The molecule has 2 aromatic rings. The number of aryl methyl sites for hydroxylation is 1. The molecule has 26 heavy (non-hydrogen) atoms. The smallest absolute Gasteiger partial charge is 0.250 e. The molecule has 1 fully saturated rings. The van der Waals surface area contributed by atoms with Crippen molar-refractivity contribution in [3.63, 3.8) is 0 Å². The number of nitrogens with zero attached hydrogens (tertiary/aromatic N) is 1. The van der Waals surface area contributed by atoms with Crippen LogP contribution >= 0.6 is 0 Å². The molecule has 0 bridgehead atoms. The lowest BCUT2D eigenvalue weighted by molar-refractivity contribution is 0.1000. The molecule has 5 heteroatoms. The van der Waals surface area contributed by atoms with Gasteiger partial charge in [0.2, 0.25) is 11.8 Å². The molecule has 5 nitrogen and oxygen atoms in total. The van der Waals surface area contributed by atoms with Gasteiger partial charge in [-0.25, -0.2) is 4.98 Å². The van der Waals surface area contributed by atoms with Crippen molar-refractivity contribution in [2.75, 3.05) is 0 Å². The summed E-state index contributed by atoms with van der Waals surface area (Å²) >= 11 is 0. The highest BCUT2D eigenvalue weighted by Crippen LogP contribution is 2.25. The summed E-state index contributed by atoms with van der Waals surface area (Å²) in [6.45, 7) is 2.92. The molecule has 1 aliphatic rings. The predicted molar refractivity (Wildman–Crippen MR) is 102 cm³/mol. The van der Waals surface area contributed by atoms with Gasteiger partial charge in [-0.15, -0.1) is 0 Å². The summed E-state index contributed by atoms with van der Waals surface area (Å²) in [6, 6.07) is 10.1. The van der Waals surface area contributed by atoms with Gasteiger partial charge >= 0.3 is 0 Å². The number of carbonyl (C=O) groups excluding carboxylic acids is 1. The van der Waals surface area contributed by atoms with Crippen LogP contribution in [0.25, 0.3) is 0 Å². The van der Waals surface area contributed by atoms with Gasteiger partial charge in [-0.1, -0.05) is 37.8 Å². The van der Waals surface area contributed by atoms with Gasteiger partial charge in [-0.05, 0) is 43.0 Å². The second-order valence-corrected chi connectivity index (χ2v) is 7.02. The summed E-state index contributed by atoms with van der Waals surface area (Å²) in [5, 5.41) is 3.69. The lowest BCUT2D eigenvalue weighted by Crippen LogP contribution is -2.27. The van der Waals surface area contributed by atoms with Crippen LogP contribution in [0.4, 0.5) is 0 Å². The molecule has 1 amide bonds. The maximum atomic E-state index is 11.1. The minimum Gasteiger partial charge on any atom is -0.439 e. The Bertz CT molecular complexity index is 735. The Morgan fingerprint density at radius 1 is 1.19 bits per heavy atom. The van der Waals surface area contributed by atoms with E-state index in [2.05, 4.69) is 22.4 Å². The average molecular weight is 353 g/mol. The van der Waals surface area contributed by atoms with Crippen LogP contribution in [0, 0.1) is 6.92 Å². The number of hydrogen-bond acceptors (Lipinski definition) is 4. The third-order valence-electron chi connectivity index (χ3n) is 4.92. The van der Waals surface area contributed by atoms with Crippen LogP contribution in [0.2, 0.25) is 0 Å². The van der Waals surface area contributed by atoms with Crippen molar-refractivity contribution in [1.82, 2.24) is 10.3 Å². The molecule has 138 valence electrons. The Balaban J connectivity index is 1.59. The van der Waals surface area contributed by atoms with Crippen molar-refractivity contribution < 1.29 is 9.53 Å². The lowest BCUT2D eigenvalue weighted by atomic mass is 10.1. The first-order chi connectivity index (χ1) is 12.6. The third kappa shape index (κ3) is 5.05. The first-order valence-corrected chi connectivity index (χ1v) is 9.38. The van der Waals surface area contributed by atoms with E-state index in [1.54, 1.807) is 12.1 Å². The van der Waals surface area contributed by atoms with Crippen LogP contribution in [0.15, 0.2) is 36.5 Å². The van der Waals surface area contributed by atoms with E-state index < -0.39 is 5.91 Å². The van der Waals surface area contributed by atoms with Crippen molar-refractivity contribution in [1.29, 1.82) is 0 Å². The quantitative estimate of drug-likeness (QED) is 0.767. The van der Waals surface area contributed by atoms with E-state index >= 15 is 0 Å². The first-order valence-electron chi connectivity index (χ1n) is 9.38. The maximum Gasteiger partial charge on any atom is 0.250 e. The van der Waals surface area contributed by atoms with Gasteiger partial charge < -0.3 is 15.8 Å². The van der Waals surface area contributed by atoms with Crippen LogP contribution in [0.3, 0.4) is 0 Å². The standard InChI is InChI=1S/C21H27N3O2/c1-15-12-16(13-23-18-6-4-2-3-5-7-18)8-10-19(15)26-20-11-9-17(14-24-20)21(22)25/h8-12,14,18,23H,2-7,13H2,1H3,(H2,22,25). The van der Waals surface area contributed by atoms with Gasteiger partial charge in [-0.2, -0.15) is 0 Å². The van der Waals surface area contributed by atoms with E-state index in [-0.39, 0.29) is 0 Å². The number of rotatable bonds is 6. The zero-order chi connectivity index (χ0) is 18.4. The molecule has 0 radical (unpaired) electrons. The van der Waals surface area contributed by atoms with E-state index in [0.717, 1.165) is 17.9 Å². The molecule has 1 saturated carbocycles. The van der Waals surface area contributed by atoms with E-state index in [4.69, 9.17) is 10.5 Å². The highest BCUT2D eigenvalue weighted by molar-refractivity contribution is 5.92. The third-order valence-corrected chi connectivity index (χ3v) is 4.92. The minimum absolute atomic E-state index is 0.369. The van der Waals surface area contributed by atoms with Gasteiger partial charge in [0.05, 0.1) is 5.56 Å². The molecular formula is C21H27N3O2. The van der Waals surface area contributed by atoms with Gasteiger partial charge in [0.15, 0.2) is 0 Å². The fraction of sp³-hybridized carbons (Fsp3) is 0.429. The summed E-state index contributed by atoms with van der Waals surface area (Å²) in [5.41, 5.74) is 7.91. The lowest BCUT2D eigenvalue weighted by Gasteiger charge is -2.17. The molecule has 1 aliphatic carbocycles. The second kappa shape index (κ2) is 8.81. The summed E-state index contributed by atoms with van der Waals surface area (Å²) in [7, 11) is 0. The fourth-order valence-corrected chi connectivity index (χ4v) is 3.38. The number of benzene rings is 1. The van der Waals surface area contributed by atoms with Crippen molar-refractivity contribution in [2.24, 2.45) is 5.73 Å². The molecule has 0 atom stereocenters. The number of hydrogen-bond donors (Lipinski definition) is 2. The van der Waals surface area contributed by atoms with Gasteiger partial charge in [0.25, 0.3) is 0 Å². The van der Waals surface area contributed by atoms with Crippen LogP contribution in [0.5, 0.6) is 11.6 Å². The molecule has 0 saturated heterocycles. The van der Waals surface area contributed by atoms with Crippen LogP contribution in [-0.2, 0) is 6.54 Å². The Kier molecular flexibility index (Phi) is 6.23. The Labute approximate surface area is 155 Å². The van der Waals surface area contributed by atoms with Crippen LogP contribution < -0.4 is 15.8 Å². The minimum atomic E-state index is -0.495. The molecule has 1 heterocycles. The van der Waals surface area contributed by atoms with E-state index in [0.29, 0.717) is 17.5 Å². The molecule has 1 aromatic carbocycles. The number of amides is 1. The van der Waals surface area contributed by atoms with Crippen LogP contribution in [-0.4, -0.2) is 16.9 Å². The van der Waals surface area contributed by atoms with Crippen molar-refractivity contribution in [2.45, 2.75) is 58.0 Å². The zero-order valence-corrected chi connectivity index (χ0v) is 15.3. The highest BCUT2D eigenvalue weighted by atomic mass is 16.5. The number of pyridine rings is 1. The summed E-state index contributed by atoms with van der Waals surface area (Å²) in [5.74, 6) is 0.718.